The van der Waals surface area contributed by atoms with Crippen LogP contribution in [0.2, 0.25) is 0 Å². The van der Waals surface area contributed by atoms with Crippen LogP contribution in [-0.4, -0.2) is 33.1 Å². The number of benzene rings is 2. The lowest BCUT2D eigenvalue weighted by Gasteiger charge is -2.13. The third kappa shape index (κ3) is 6.03. The molecule has 13 heteroatoms. The molecule has 0 amide bonds. The molecule has 0 aliphatic heterocycles. The molecular formula is C21H18F3N5O5. The molecule has 0 aliphatic carbocycles. The van der Waals surface area contributed by atoms with Crippen molar-refractivity contribution in [2.24, 2.45) is 0 Å². The summed E-state index contributed by atoms with van der Waals surface area (Å²) in [6.45, 7) is -2.46. The number of ether oxygens (including phenoxy) is 1. The van der Waals surface area contributed by atoms with E-state index in [0.717, 1.165) is 5.56 Å². The van der Waals surface area contributed by atoms with E-state index >= 15 is 0 Å². The highest BCUT2D eigenvalue weighted by Crippen LogP contribution is 2.27. The van der Waals surface area contributed by atoms with Crippen LogP contribution in [0.1, 0.15) is 11.1 Å². The summed E-state index contributed by atoms with van der Waals surface area (Å²) < 4.78 is 47.3. The van der Waals surface area contributed by atoms with Crippen LogP contribution in [0, 0.1) is 6.92 Å². The molecule has 2 heterocycles. The van der Waals surface area contributed by atoms with Crippen LogP contribution >= 0.6 is 0 Å². The minimum absolute atomic E-state index is 0.0295. The molecule has 0 atom stereocenters. The molecule has 4 rings (SSSR count). The predicted octanol–water partition coefficient (Wildman–Crippen LogP) is 4.48. The van der Waals surface area contributed by atoms with E-state index in [2.05, 4.69) is 30.3 Å². The molecular weight excluding hydrogens is 459 g/mol. The molecule has 178 valence electrons. The number of hydrogen-bond acceptors (Lipinski definition) is 8. The van der Waals surface area contributed by atoms with E-state index in [1.165, 1.54) is 18.2 Å². The maximum absolute atomic E-state index is 13.2. The fourth-order valence-electron chi connectivity index (χ4n) is 2.90. The summed E-state index contributed by atoms with van der Waals surface area (Å²) in [5.74, 6) is -0.0818. The fourth-order valence-corrected chi connectivity index (χ4v) is 2.90. The van der Waals surface area contributed by atoms with Crippen molar-refractivity contribution in [1.82, 2.24) is 15.0 Å². The summed E-state index contributed by atoms with van der Waals surface area (Å²) in [6.07, 6.45) is 1.58. The van der Waals surface area contributed by atoms with Gasteiger partial charge >= 0.3 is 12.4 Å². The second-order valence-electron chi connectivity index (χ2n) is 6.64. The van der Waals surface area contributed by atoms with Gasteiger partial charge in [-0.2, -0.15) is 13.8 Å². The minimum Gasteiger partial charge on any atom is -0.483 e. The van der Waals surface area contributed by atoms with E-state index in [1.807, 2.05) is 6.92 Å². The number of H-pyrrole nitrogens is 1. The lowest BCUT2D eigenvalue weighted by molar-refractivity contribution is -0.122. The average Bonchev–Trinajstić information content (AvgIpc) is 3.16. The summed E-state index contributed by atoms with van der Waals surface area (Å²) in [7, 11) is 0. The topological polar surface area (TPSA) is 142 Å². The van der Waals surface area contributed by atoms with Gasteiger partial charge in [0.1, 0.15) is 18.2 Å². The van der Waals surface area contributed by atoms with Gasteiger partial charge < -0.3 is 24.9 Å². The summed E-state index contributed by atoms with van der Waals surface area (Å²) in [6, 6.07) is 9.12. The van der Waals surface area contributed by atoms with Gasteiger partial charge in [0.15, 0.2) is 5.58 Å². The summed E-state index contributed by atoms with van der Waals surface area (Å²) in [4.78, 5) is 30.8. The molecule has 0 radical (unpaired) electrons. The Balaban J connectivity index is 0.00000103. The number of rotatable bonds is 7. The second kappa shape index (κ2) is 10.8. The zero-order valence-corrected chi connectivity index (χ0v) is 17.5. The number of aryl methyl sites for hydroxylation is 1. The number of anilines is 4. The predicted molar refractivity (Wildman–Crippen MR) is 117 cm³/mol. The third-order valence-electron chi connectivity index (χ3n) is 4.33. The van der Waals surface area contributed by atoms with Crippen LogP contribution in [0.25, 0.3) is 11.1 Å². The Morgan fingerprint density at radius 2 is 1.91 bits per heavy atom. The first kappa shape index (κ1) is 24.1. The molecule has 0 bridgehead atoms. The van der Waals surface area contributed by atoms with Gasteiger partial charge in [-0.15, -0.1) is 0 Å². The Morgan fingerprint density at radius 1 is 1.21 bits per heavy atom. The third-order valence-corrected chi connectivity index (χ3v) is 4.33. The van der Waals surface area contributed by atoms with Gasteiger partial charge in [0.2, 0.25) is 5.95 Å². The number of nitrogens with one attached hydrogen (secondary N) is 3. The van der Waals surface area contributed by atoms with Crippen LogP contribution in [0.4, 0.5) is 36.3 Å². The molecule has 34 heavy (non-hydrogen) atoms. The SMILES string of the molecule is Cc1cnc(Nc2ccc(OC(F)F)c(CF)c2)nc1Nc1ccc2oc(=O)[nH]c2c1.O=CO. The van der Waals surface area contributed by atoms with Crippen LogP contribution in [-0.2, 0) is 11.5 Å². The molecule has 0 saturated carbocycles. The van der Waals surface area contributed by atoms with Gasteiger partial charge in [0, 0.05) is 28.7 Å². The van der Waals surface area contributed by atoms with Gasteiger partial charge in [-0.25, -0.2) is 14.2 Å². The Bertz CT molecular complexity index is 1340. The largest absolute Gasteiger partial charge is 0.483 e. The molecule has 4 aromatic rings. The highest BCUT2D eigenvalue weighted by Gasteiger charge is 2.12. The monoisotopic (exact) mass is 477 g/mol. The minimum atomic E-state index is -3.04. The first-order valence-corrected chi connectivity index (χ1v) is 9.55. The van der Waals surface area contributed by atoms with Gasteiger partial charge in [-0.3, -0.25) is 9.78 Å². The van der Waals surface area contributed by atoms with E-state index in [-0.39, 0.29) is 23.7 Å². The second-order valence-corrected chi connectivity index (χ2v) is 6.64. The number of aromatic nitrogens is 3. The van der Waals surface area contributed by atoms with E-state index < -0.39 is 19.0 Å². The zero-order valence-electron chi connectivity index (χ0n) is 17.5. The van der Waals surface area contributed by atoms with E-state index in [9.17, 15) is 18.0 Å². The van der Waals surface area contributed by atoms with Crippen LogP contribution < -0.4 is 21.1 Å². The summed E-state index contributed by atoms with van der Waals surface area (Å²) in [5.41, 5.74) is 2.74. The Labute approximate surface area is 189 Å². The van der Waals surface area contributed by atoms with Crippen molar-refractivity contribution in [3.05, 3.63) is 64.3 Å². The Hall–Kier alpha value is -4.55. The average molecular weight is 477 g/mol. The number of carbonyl (C=O) groups is 1. The van der Waals surface area contributed by atoms with E-state index in [4.69, 9.17) is 14.3 Å². The quantitative estimate of drug-likeness (QED) is 0.283. The molecule has 0 saturated heterocycles. The Morgan fingerprint density at radius 3 is 2.62 bits per heavy atom. The number of carboxylic acid groups (broad SMARTS) is 1. The highest BCUT2D eigenvalue weighted by molar-refractivity contribution is 5.78. The molecule has 0 unspecified atom stereocenters. The van der Waals surface area contributed by atoms with Crippen LogP contribution in [0.15, 0.2) is 51.8 Å². The standard InChI is InChI=1S/C20H16F3N5O3.CH2O2/c1-10-9-24-19(26-12-2-4-15(30-18(22)23)11(6-12)8-21)28-17(10)25-13-3-5-16-14(7-13)27-20(29)31-16;2-1-3/h2-7,9,18H,8H2,1H3,(H,27,29)(H2,24,25,26,28);1H,(H,2,3). The number of alkyl halides is 3. The van der Waals surface area contributed by atoms with Crippen LogP contribution in [0.5, 0.6) is 5.75 Å². The molecule has 2 aromatic carbocycles. The molecule has 2 aromatic heterocycles. The molecule has 0 spiro atoms. The van der Waals surface area contributed by atoms with Crippen molar-refractivity contribution < 1.29 is 32.2 Å². The first-order valence-electron chi connectivity index (χ1n) is 9.55. The fraction of sp³-hybridized carbons (Fsp3) is 0.143. The number of nitrogens with zero attached hydrogens (tertiary/aromatic N) is 2. The molecule has 0 aliphatic rings. The lowest BCUT2D eigenvalue weighted by Crippen LogP contribution is -2.05. The van der Waals surface area contributed by atoms with Crippen molar-refractivity contribution in [3.8, 4) is 5.75 Å². The van der Waals surface area contributed by atoms with Crippen molar-refractivity contribution >= 4 is 40.7 Å². The number of hydrogen-bond donors (Lipinski definition) is 4. The van der Waals surface area contributed by atoms with Crippen molar-refractivity contribution in [2.75, 3.05) is 10.6 Å². The van der Waals surface area contributed by atoms with Gasteiger partial charge in [-0.05, 0) is 43.3 Å². The van der Waals surface area contributed by atoms with Crippen LogP contribution in [0.3, 0.4) is 0 Å². The molecule has 0 fully saturated rings. The number of halogens is 3. The molecule has 4 N–H and O–H groups in total. The molecule has 10 nitrogen and oxygen atoms in total. The number of oxazole rings is 1. The van der Waals surface area contributed by atoms with Gasteiger partial charge in [0.05, 0.1) is 5.52 Å². The van der Waals surface area contributed by atoms with Gasteiger partial charge in [-0.1, -0.05) is 0 Å². The van der Waals surface area contributed by atoms with E-state index in [0.29, 0.717) is 28.3 Å². The normalized spacial score (nSPS) is 10.5. The number of aromatic amines is 1. The summed E-state index contributed by atoms with van der Waals surface area (Å²) in [5, 5.41) is 12.9. The van der Waals surface area contributed by atoms with E-state index in [1.54, 1.807) is 24.4 Å². The maximum atomic E-state index is 13.2. The lowest BCUT2D eigenvalue weighted by atomic mass is 10.2. The summed E-state index contributed by atoms with van der Waals surface area (Å²) >= 11 is 0. The van der Waals surface area contributed by atoms with Crippen molar-refractivity contribution in [3.63, 3.8) is 0 Å². The first-order chi connectivity index (χ1) is 16.3. The Kier molecular flexibility index (Phi) is 7.69. The van der Waals surface area contributed by atoms with Gasteiger partial charge in [0.25, 0.3) is 6.47 Å². The van der Waals surface area contributed by atoms with Crippen molar-refractivity contribution in [1.29, 1.82) is 0 Å². The zero-order chi connectivity index (χ0) is 24.7. The smallest absolute Gasteiger partial charge is 0.417 e. The highest BCUT2D eigenvalue weighted by atomic mass is 19.3. The maximum Gasteiger partial charge on any atom is 0.417 e. The number of fused-ring (bicyclic) bond motifs is 1. The van der Waals surface area contributed by atoms with Crippen molar-refractivity contribution in [2.45, 2.75) is 20.2 Å².